The minimum absolute atomic E-state index is 0.138. The molecule has 0 aliphatic carbocycles. The van der Waals surface area contributed by atoms with Gasteiger partial charge in [-0.1, -0.05) is 59.3 Å². The molecule has 29 heavy (non-hydrogen) atoms. The molecule has 1 heterocycles. The number of carbonyl (C=O) groups is 1. The third-order valence-corrected chi connectivity index (χ3v) is 5.68. The fourth-order valence-electron chi connectivity index (χ4n) is 2.81. The summed E-state index contributed by atoms with van der Waals surface area (Å²) in [4.78, 5) is 12.5. The highest BCUT2D eigenvalue weighted by Crippen LogP contribution is 2.25. The number of thioether (sulfide) groups is 1. The van der Waals surface area contributed by atoms with Gasteiger partial charge in [0.05, 0.1) is 6.04 Å². The highest BCUT2D eigenvalue weighted by atomic mass is 35.5. The van der Waals surface area contributed by atoms with E-state index < -0.39 is 0 Å². The second-order valence-electron chi connectivity index (χ2n) is 6.72. The van der Waals surface area contributed by atoms with Crippen molar-refractivity contribution in [3.8, 4) is 0 Å². The molecule has 0 spiro atoms. The zero-order chi connectivity index (χ0) is 20.8. The molecule has 5 nitrogen and oxygen atoms in total. The minimum Gasteiger partial charge on any atom is -0.342 e. The lowest BCUT2D eigenvalue weighted by molar-refractivity contribution is 0.0937. The molecule has 0 aliphatic heterocycles. The first-order chi connectivity index (χ1) is 14.0. The Kier molecular flexibility index (Phi) is 7.12. The van der Waals surface area contributed by atoms with Crippen LogP contribution in [0.15, 0.2) is 66.3 Å². The van der Waals surface area contributed by atoms with E-state index in [2.05, 4.69) is 22.1 Å². The predicted octanol–water partition coefficient (Wildman–Crippen LogP) is 5.21. The van der Waals surface area contributed by atoms with Crippen molar-refractivity contribution in [1.29, 1.82) is 0 Å². The van der Waals surface area contributed by atoms with Crippen LogP contribution in [0.3, 0.4) is 0 Å². The number of benzene rings is 2. The number of rotatable bonds is 8. The Balaban J connectivity index is 1.72. The van der Waals surface area contributed by atoms with Gasteiger partial charge >= 0.3 is 0 Å². The van der Waals surface area contributed by atoms with E-state index in [4.69, 9.17) is 11.6 Å². The van der Waals surface area contributed by atoms with E-state index in [1.165, 1.54) is 0 Å². The van der Waals surface area contributed by atoms with Crippen LogP contribution in [0.5, 0.6) is 0 Å². The van der Waals surface area contributed by atoms with Gasteiger partial charge in [-0.05, 0) is 43.7 Å². The fourth-order valence-corrected chi connectivity index (χ4v) is 3.84. The maximum atomic E-state index is 12.5. The number of hydrogen-bond donors (Lipinski definition) is 1. The van der Waals surface area contributed by atoms with Crippen LogP contribution in [0.4, 0.5) is 0 Å². The Morgan fingerprint density at radius 3 is 2.55 bits per heavy atom. The molecule has 3 rings (SSSR count). The van der Waals surface area contributed by atoms with Gasteiger partial charge in [0, 0.05) is 22.9 Å². The van der Waals surface area contributed by atoms with Gasteiger partial charge < -0.3 is 9.88 Å². The third-order valence-electron chi connectivity index (χ3n) is 4.39. The van der Waals surface area contributed by atoms with E-state index >= 15 is 0 Å². The fraction of sp³-hybridized carbons (Fsp3) is 0.227. The Morgan fingerprint density at radius 2 is 1.90 bits per heavy atom. The van der Waals surface area contributed by atoms with Gasteiger partial charge in [0.1, 0.15) is 0 Å². The van der Waals surface area contributed by atoms with Crippen LogP contribution in [-0.4, -0.2) is 20.7 Å². The van der Waals surface area contributed by atoms with Crippen molar-refractivity contribution < 1.29 is 4.79 Å². The standard InChI is InChI=1S/C22H23ClN4OS/c1-4-13-27-20(16(3)24-21(28)18-9-5-15(2)6-10-18)25-26-22(27)29-14-17-7-11-19(23)12-8-17/h4-12,16H,1,13-14H2,2-3H3,(H,24,28)/t16-/m1/s1. The van der Waals surface area contributed by atoms with Gasteiger partial charge in [-0.3, -0.25) is 4.79 Å². The van der Waals surface area contributed by atoms with Crippen molar-refractivity contribution in [2.45, 2.75) is 37.3 Å². The Morgan fingerprint density at radius 1 is 1.21 bits per heavy atom. The summed E-state index contributed by atoms with van der Waals surface area (Å²) in [5.41, 5.74) is 2.88. The summed E-state index contributed by atoms with van der Waals surface area (Å²) in [6, 6.07) is 14.9. The Labute approximate surface area is 180 Å². The van der Waals surface area contributed by atoms with Crippen LogP contribution in [-0.2, 0) is 12.3 Å². The van der Waals surface area contributed by atoms with Crippen molar-refractivity contribution >= 4 is 29.3 Å². The molecule has 150 valence electrons. The second kappa shape index (κ2) is 9.76. The van der Waals surface area contributed by atoms with Crippen molar-refractivity contribution in [2.75, 3.05) is 0 Å². The number of halogens is 1. The molecule has 1 amide bonds. The van der Waals surface area contributed by atoms with Gasteiger partial charge in [0.15, 0.2) is 11.0 Å². The predicted molar refractivity (Wildman–Crippen MR) is 118 cm³/mol. The molecule has 0 aliphatic rings. The maximum Gasteiger partial charge on any atom is 0.251 e. The smallest absolute Gasteiger partial charge is 0.251 e. The number of allylic oxidation sites excluding steroid dienone is 1. The van der Waals surface area contributed by atoms with Crippen LogP contribution in [0.1, 0.15) is 40.3 Å². The molecule has 2 aromatic carbocycles. The van der Waals surface area contributed by atoms with Crippen LogP contribution in [0, 0.1) is 6.92 Å². The number of carbonyl (C=O) groups excluding carboxylic acids is 1. The highest BCUT2D eigenvalue weighted by Gasteiger charge is 2.20. The van der Waals surface area contributed by atoms with E-state index in [1.54, 1.807) is 17.8 Å². The van der Waals surface area contributed by atoms with E-state index in [9.17, 15) is 4.79 Å². The van der Waals surface area contributed by atoms with Gasteiger partial charge in [-0.25, -0.2) is 0 Å². The van der Waals surface area contributed by atoms with E-state index in [-0.39, 0.29) is 11.9 Å². The van der Waals surface area contributed by atoms with Crippen molar-refractivity contribution in [2.24, 2.45) is 0 Å². The molecule has 1 atom stereocenters. The van der Waals surface area contributed by atoms with Crippen LogP contribution >= 0.6 is 23.4 Å². The molecule has 1 N–H and O–H groups in total. The lowest BCUT2D eigenvalue weighted by Gasteiger charge is -2.15. The van der Waals surface area contributed by atoms with Gasteiger partial charge in [-0.15, -0.1) is 16.8 Å². The van der Waals surface area contributed by atoms with E-state index in [0.29, 0.717) is 23.0 Å². The SMILES string of the molecule is C=CCn1c(SCc2ccc(Cl)cc2)nnc1[C@@H](C)NC(=O)c1ccc(C)cc1. The maximum absolute atomic E-state index is 12.5. The first-order valence-corrected chi connectivity index (χ1v) is 10.6. The summed E-state index contributed by atoms with van der Waals surface area (Å²) in [5.74, 6) is 1.31. The van der Waals surface area contributed by atoms with Crippen LogP contribution in [0.2, 0.25) is 5.02 Å². The van der Waals surface area contributed by atoms with E-state index in [0.717, 1.165) is 22.0 Å². The van der Waals surface area contributed by atoms with Crippen LogP contribution in [0.25, 0.3) is 0 Å². The molecular weight excluding hydrogens is 404 g/mol. The lowest BCUT2D eigenvalue weighted by Crippen LogP contribution is -2.28. The minimum atomic E-state index is -0.291. The zero-order valence-corrected chi connectivity index (χ0v) is 18.0. The number of aromatic nitrogens is 3. The number of nitrogens with one attached hydrogen (secondary N) is 1. The van der Waals surface area contributed by atoms with Gasteiger partial charge in [0.2, 0.25) is 0 Å². The topological polar surface area (TPSA) is 59.8 Å². The quantitative estimate of drug-likeness (QED) is 0.396. The molecule has 7 heteroatoms. The summed E-state index contributed by atoms with van der Waals surface area (Å²) in [6.45, 7) is 8.30. The van der Waals surface area contributed by atoms with E-state index in [1.807, 2.05) is 66.9 Å². The first-order valence-electron chi connectivity index (χ1n) is 9.26. The zero-order valence-electron chi connectivity index (χ0n) is 16.4. The van der Waals surface area contributed by atoms with Crippen LogP contribution < -0.4 is 5.32 Å². The summed E-state index contributed by atoms with van der Waals surface area (Å²) in [5, 5.41) is 13.2. The number of nitrogens with zero attached hydrogens (tertiary/aromatic N) is 3. The number of aryl methyl sites for hydroxylation is 1. The monoisotopic (exact) mass is 426 g/mol. The lowest BCUT2D eigenvalue weighted by atomic mass is 10.1. The molecule has 3 aromatic rings. The molecule has 0 radical (unpaired) electrons. The molecule has 0 bridgehead atoms. The second-order valence-corrected chi connectivity index (χ2v) is 8.10. The normalized spacial score (nSPS) is 11.8. The average Bonchev–Trinajstić information content (AvgIpc) is 3.11. The van der Waals surface area contributed by atoms with Gasteiger partial charge in [0.25, 0.3) is 5.91 Å². The summed E-state index contributed by atoms with van der Waals surface area (Å²) >= 11 is 7.53. The third kappa shape index (κ3) is 5.49. The molecule has 0 saturated heterocycles. The van der Waals surface area contributed by atoms with Crippen molar-refractivity contribution in [1.82, 2.24) is 20.1 Å². The first kappa shape index (κ1) is 21.1. The molecule has 1 aromatic heterocycles. The molecule has 0 unspecified atom stereocenters. The highest BCUT2D eigenvalue weighted by molar-refractivity contribution is 7.98. The Bertz CT molecular complexity index is 983. The molecule has 0 saturated carbocycles. The largest absolute Gasteiger partial charge is 0.342 e. The van der Waals surface area contributed by atoms with Crippen molar-refractivity contribution in [3.05, 3.63) is 88.7 Å². The summed E-state index contributed by atoms with van der Waals surface area (Å²) in [7, 11) is 0. The number of amides is 1. The average molecular weight is 427 g/mol. The summed E-state index contributed by atoms with van der Waals surface area (Å²) < 4.78 is 1.98. The van der Waals surface area contributed by atoms with Crippen molar-refractivity contribution in [3.63, 3.8) is 0 Å². The van der Waals surface area contributed by atoms with Gasteiger partial charge in [-0.2, -0.15) is 0 Å². The Hall–Kier alpha value is -2.57. The number of hydrogen-bond acceptors (Lipinski definition) is 4. The molecule has 0 fully saturated rings. The molecular formula is C22H23ClN4OS. The summed E-state index contributed by atoms with van der Waals surface area (Å²) in [6.07, 6.45) is 1.80.